The van der Waals surface area contributed by atoms with Gasteiger partial charge in [0.2, 0.25) is 0 Å². The van der Waals surface area contributed by atoms with E-state index in [0.717, 1.165) is 33.4 Å². The van der Waals surface area contributed by atoms with Crippen molar-refractivity contribution in [2.75, 3.05) is 4.72 Å². The summed E-state index contributed by atoms with van der Waals surface area (Å²) in [6.45, 7) is 11.5. The Morgan fingerprint density at radius 2 is 1.32 bits per heavy atom. The summed E-state index contributed by atoms with van der Waals surface area (Å²) in [4.78, 5) is 0.394. The number of hydrogen-bond donors (Lipinski definition) is 1. The summed E-state index contributed by atoms with van der Waals surface area (Å²) < 4.78 is 28.6. The van der Waals surface area contributed by atoms with Crippen molar-refractivity contribution < 1.29 is 8.42 Å². The van der Waals surface area contributed by atoms with Gasteiger partial charge in [-0.05, 0) is 81.0 Å². The Morgan fingerprint density at radius 1 is 0.773 bits per heavy atom. The number of sulfonamides is 1. The van der Waals surface area contributed by atoms with E-state index in [2.05, 4.69) is 4.72 Å². The van der Waals surface area contributed by atoms with Crippen molar-refractivity contribution in [1.82, 2.24) is 0 Å². The van der Waals surface area contributed by atoms with E-state index >= 15 is 0 Å². The molecule has 0 fully saturated rings. The van der Waals surface area contributed by atoms with Crippen LogP contribution in [0.4, 0.5) is 5.69 Å². The van der Waals surface area contributed by atoms with Crippen LogP contribution in [-0.4, -0.2) is 8.42 Å². The van der Waals surface area contributed by atoms with Gasteiger partial charge in [0.15, 0.2) is 0 Å². The fraction of sp³-hybridized carbons (Fsp3) is 0.333. The molecule has 0 aromatic heterocycles. The quantitative estimate of drug-likeness (QED) is 0.915. The summed E-state index contributed by atoms with van der Waals surface area (Å²) in [6.07, 6.45) is 0. The van der Waals surface area contributed by atoms with Gasteiger partial charge < -0.3 is 0 Å². The Bertz CT molecular complexity index is 810. The lowest BCUT2D eigenvalue weighted by Crippen LogP contribution is -2.17. The second kappa shape index (κ2) is 5.76. The van der Waals surface area contributed by atoms with Gasteiger partial charge in [0.1, 0.15) is 0 Å². The van der Waals surface area contributed by atoms with Gasteiger partial charge in [-0.3, -0.25) is 4.72 Å². The van der Waals surface area contributed by atoms with Crippen molar-refractivity contribution in [3.63, 3.8) is 0 Å². The van der Waals surface area contributed by atoms with Crippen LogP contribution < -0.4 is 4.72 Å². The fourth-order valence-corrected chi connectivity index (χ4v) is 4.38. The molecule has 2 aromatic rings. The number of rotatable bonds is 3. The number of nitrogens with one attached hydrogen (secondary N) is 1. The predicted octanol–water partition coefficient (Wildman–Crippen LogP) is 4.34. The number of aryl methyl sites for hydroxylation is 3. The van der Waals surface area contributed by atoms with Crippen molar-refractivity contribution in [3.8, 4) is 0 Å². The maximum atomic E-state index is 12.9. The fourth-order valence-electron chi connectivity index (χ4n) is 2.64. The number of hydrogen-bond acceptors (Lipinski definition) is 2. The summed E-state index contributed by atoms with van der Waals surface area (Å²) in [5.41, 5.74) is 6.24. The van der Waals surface area contributed by atoms with E-state index in [0.29, 0.717) is 10.6 Å². The Morgan fingerprint density at radius 3 is 1.86 bits per heavy atom. The molecule has 0 heterocycles. The van der Waals surface area contributed by atoms with E-state index in [1.165, 1.54) is 0 Å². The van der Waals surface area contributed by atoms with E-state index in [4.69, 9.17) is 0 Å². The third kappa shape index (κ3) is 2.88. The molecule has 3 nitrogen and oxygen atoms in total. The highest BCUT2D eigenvalue weighted by Gasteiger charge is 2.22. The first kappa shape index (κ1) is 16.6. The van der Waals surface area contributed by atoms with Crippen LogP contribution in [0, 0.1) is 41.5 Å². The second-order valence-corrected chi connectivity index (χ2v) is 7.56. The molecule has 0 aliphatic carbocycles. The molecule has 0 spiro atoms. The van der Waals surface area contributed by atoms with Crippen molar-refractivity contribution in [1.29, 1.82) is 0 Å². The number of anilines is 1. The molecule has 1 N–H and O–H groups in total. The van der Waals surface area contributed by atoms with Crippen LogP contribution in [0.3, 0.4) is 0 Å². The van der Waals surface area contributed by atoms with Crippen molar-refractivity contribution >= 4 is 15.7 Å². The van der Waals surface area contributed by atoms with E-state index in [1.54, 1.807) is 6.07 Å². The summed E-state index contributed by atoms with van der Waals surface area (Å²) in [5.74, 6) is 0. The van der Waals surface area contributed by atoms with E-state index in [-0.39, 0.29) is 0 Å². The van der Waals surface area contributed by atoms with Gasteiger partial charge in [-0.25, -0.2) is 8.42 Å². The van der Waals surface area contributed by atoms with Crippen LogP contribution in [0.5, 0.6) is 0 Å². The first-order valence-electron chi connectivity index (χ1n) is 7.31. The SMILES string of the molecule is Cc1cccc(NS(=O)(=O)c2c(C)c(C)cc(C)c2C)c1C. The standard InChI is InChI=1S/C18H23NO2S/c1-11-8-7-9-17(14(11)4)19-22(20,21)18-15(5)12(2)10-13(3)16(18)6/h7-10,19H,1-6H3. The highest BCUT2D eigenvalue weighted by molar-refractivity contribution is 7.92. The highest BCUT2D eigenvalue weighted by Crippen LogP contribution is 2.29. The summed E-state index contributed by atoms with van der Waals surface area (Å²) >= 11 is 0. The van der Waals surface area contributed by atoms with Gasteiger partial charge in [-0.1, -0.05) is 18.2 Å². The monoisotopic (exact) mass is 317 g/mol. The van der Waals surface area contributed by atoms with E-state index < -0.39 is 10.0 Å². The average molecular weight is 317 g/mol. The average Bonchev–Trinajstić information content (AvgIpc) is 2.41. The molecule has 0 atom stereocenters. The Balaban J connectivity index is 2.60. The molecule has 0 saturated heterocycles. The van der Waals surface area contributed by atoms with Gasteiger partial charge in [0.05, 0.1) is 10.6 Å². The minimum Gasteiger partial charge on any atom is -0.279 e. The first-order chi connectivity index (χ1) is 10.1. The highest BCUT2D eigenvalue weighted by atomic mass is 32.2. The normalized spacial score (nSPS) is 11.5. The molecule has 4 heteroatoms. The van der Waals surface area contributed by atoms with Crippen molar-refractivity contribution in [3.05, 3.63) is 57.6 Å². The number of benzene rings is 2. The lowest BCUT2D eigenvalue weighted by Gasteiger charge is -2.18. The van der Waals surface area contributed by atoms with Crippen LogP contribution in [0.15, 0.2) is 29.2 Å². The Hall–Kier alpha value is -1.81. The van der Waals surface area contributed by atoms with Crippen LogP contribution in [0.25, 0.3) is 0 Å². The molecule has 2 rings (SSSR count). The lowest BCUT2D eigenvalue weighted by molar-refractivity contribution is 0.599. The first-order valence-corrected chi connectivity index (χ1v) is 8.80. The van der Waals surface area contributed by atoms with Crippen molar-refractivity contribution in [2.45, 2.75) is 46.4 Å². The maximum Gasteiger partial charge on any atom is 0.262 e. The van der Waals surface area contributed by atoms with Crippen LogP contribution >= 0.6 is 0 Å². The molecule has 2 aromatic carbocycles. The van der Waals surface area contributed by atoms with Crippen LogP contribution in [0.2, 0.25) is 0 Å². The predicted molar refractivity (Wildman–Crippen MR) is 92.1 cm³/mol. The zero-order valence-corrected chi connectivity index (χ0v) is 14.9. The summed E-state index contributed by atoms with van der Waals surface area (Å²) in [6, 6.07) is 7.66. The molecule has 0 radical (unpaired) electrons. The van der Waals surface area contributed by atoms with E-state index in [1.807, 2.05) is 59.7 Å². The van der Waals surface area contributed by atoms with Gasteiger partial charge in [-0.15, -0.1) is 0 Å². The summed E-state index contributed by atoms with van der Waals surface area (Å²) in [5, 5.41) is 0. The minimum atomic E-state index is -3.61. The topological polar surface area (TPSA) is 46.2 Å². The summed E-state index contributed by atoms with van der Waals surface area (Å²) in [7, 11) is -3.61. The van der Waals surface area contributed by atoms with Crippen molar-refractivity contribution in [2.24, 2.45) is 0 Å². The zero-order valence-electron chi connectivity index (χ0n) is 14.0. The molecule has 0 amide bonds. The molecule has 0 aliphatic heterocycles. The molecule has 118 valence electrons. The maximum absolute atomic E-state index is 12.9. The third-order valence-corrected chi connectivity index (χ3v) is 6.05. The Labute approximate surface area is 133 Å². The smallest absolute Gasteiger partial charge is 0.262 e. The van der Waals surface area contributed by atoms with Gasteiger partial charge >= 0.3 is 0 Å². The molecule has 0 saturated carbocycles. The largest absolute Gasteiger partial charge is 0.279 e. The van der Waals surface area contributed by atoms with E-state index in [9.17, 15) is 8.42 Å². The van der Waals surface area contributed by atoms with Crippen LogP contribution in [0.1, 0.15) is 33.4 Å². The lowest BCUT2D eigenvalue weighted by atomic mass is 10.0. The van der Waals surface area contributed by atoms with Gasteiger partial charge in [0, 0.05) is 0 Å². The zero-order chi connectivity index (χ0) is 16.7. The van der Waals surface area contributed by atoms with Gasteiger partial charge in [-0.2, -0.15) is 0 Å². The second-order valence-electron chi connectivity index (χ2n) is 5.94. The van der Waals surface area contributed by atoms with Gasteiger partial charge in [0.25, 0.3) is 10.0 Å². The molecule has 22 heavy (non-hydrogen) atoms. The van der Waals surface area contributed by atoms with Crippen LogP contribution in [-0.2, 0) is 10.0 Å². The molecular formula is C18H23NO2S. The minimum absolute atomic E-state index is 0.394. The molecule has 0 unspecified atom stereocenters. The molecule has 0 aliphatic rings. The Kier molecular flexibility index (Phi) is 4.34. The third-order valence-electron chi connectivity index (χ3n) is 4.41. The molecule has 0 bridgehead atoms. The molecular weight excluding hydrogens is 294 g/mol.